The molecule has 0 aliphatic heterocycles. The zero-order valence-corrected chi connectivity index (χ0v) is 32.5. The van der Waals surface area contributed by atoms with Crippen LogP contribution in [0.4, 0.5) is 21.9 Å². The molecule has 0 saturated carbocycles. The molecule has 296 valence electrons. The Bertz CT molecular complexity index is 2890. The Balaban J connectivity index is 1.21. The lowest BCUT2D eigenvalue weighted by molar-refractivity contribution is -0.115. The molecule has 0 bridgehead atoms. The number of ether oxygens (including phenoxy) is 1. The van der Waals surface area contributed by atoms with E-state index in [0.717, 1.165) is 13.7 Å². The molecule has 15 heteroatoms. The summed E-state index contributed by atoms with van der Waals surface area (Å²) < 4.78 is 7.95. The van der Waals surface area contributed by atoms with Crippen molar-refractivity contribution in [1.82, 2.24) is 13.7 Å². The number of rotatable bonds is 8. The first-order valence-electron chi connectivity index (χ1n) is 18.3. The first kappa shape index (κ1) is 39.3. The monoisotopic (exact) mass is 792 g/mol. The van der Waals surface area contributed by atoms with Gasteiger partial charge in [-0.1, -0.05) is 30.3 Å². The summed E-state index contributed by atoms with van der Waals surface area (Å²) in [6, 6.07) is 24.7. The summed E-state index contributed by atoms with van der Waals surface area (Å²) >= 11 is 0. The Morgan fingerprint density at radius 3 is 1.29 bits per heavy atom. The Morgan fingerprint density at radius 2 is 0.881 bits per heavy atom. The molecule has 3 N–H and O–H groups in total. The summed E-state index contributed by atoms with van der Waals surface area (Å²) in [5.41, 5.74) is 1.73. The lowest BCUT2D eigenvalue weighted by Gasteiger charge is -2.18. The van der Waals surface area contributed by atoms with E-state index in [9.17, 15) is 38.4 Å². The summed E-state index contributed by atoms with van der Waals surface area (Å²) in [4.78, 5) is 105. The summed E-state index contributed by atoms with van der Waals surface area (Å²) in [6.07, 6.45) is -0.837. The number of amides is 3. The van der Waals surface area contributed by atoms with E-state index in [-0.39, 0.29) is 63.9 Å². The minimum Gasteiger partial charge on any atom is -0.444 e. The van der Waals surface area contributed by atoms with E-state index < -0.39 is 23.2 Å². The predicted octanol–water partition coefficient (Wildman–Crippen LogP) is 5.51. The zero-order valence-electron chi connectivity index (χ0n) is 32.5. The van der Waals surface area contributed by atoms with Gasteiger partial charge in [0.05, 0.1) is 17.1 Å². The third kappa shape index (κ3) is 7.51. The van der Waals surface area contributed by atoms with Gasteiger partial charge in [-0.2, -0.15) is 0 Å². The number of ketones is 2. The molecule has 5 aromatic carbocycles. The van der Waals surface area contributed by atoms with Crippen molar-refractivity contribution in [2.45, 2.75) is 41.2 Å². The number of aromatic nitrogens is 3. The molecule has 0 saturated heterocycles. The molecule has 0 fully saturated rings. The first-order chi connectivity index (χ1) is 28.1. The number of benzene rings is 5. The van der Waals surface area contributed by atoms with Crippen LogP contribution in [0.15, 0.2) is 111 Å². The average molecular weight is 793 g/mol. The van der Waals surface area contributed by atoms with Crippen LogP contribution in [0.1, 0.15) is 67.9 Å². The van der Waals surface area contributed by atoms with Gasteiger partial charge >= 0.3 is 23.2 Å². The van der Waals surface area contributed by atoms with Crippen LogP contribution >= 0.6 is 0 Å². The Kier molecular flexibility index (Phi) is 10.3. The van der Waals surface area contributed by atoms with Gasteiger partial charge < -0.3 is 15.4 Å². The van der Waals surface area contributed by atoms with Crippen LogP contribution in [-0.4, -0.2) is 43.2 Å². The second-order valence-electron chi connectivity index (χ2n) is 14.0. The Hall–Kier alpha value is -7.94. The SMILES string of the molecule is CC(=O)Nc1ccc(-n2c(=O)n(-c3ccc(NC(C)=O)c(C)c3)c(=O)n(-c3ccc(NC(=O)OCc4ccc5c(c4)C(=O)c4ccccc4C5=O)c(C)c3)c2=O)cc1C. The second kappa shape index (κ2) is 15.5. The van der Waals surface area contributed by atoms with Crippen molar-refractivity contribution < 1.29 is 28.7 Å². The summed E-state index contributed by atoms with van der Waals surface area (Å²) in [5, 5.41) is 8.03. The predicted molar refractivity (Wildman–Crippen MR) is 220 cm³/mol. The number of carbonyl (C=O) groups is 5. The van der Waals surface area contributed by atoms with Gasteiger partial charge in [0.25, 0.3) is 0 Å². The highest BCUT2D eigenvalue weighted by molar-refractivity contribution is 6.28. The van der Waals surface area contributed by atoms with Gasteiger partial charge in [0.2, 0.25) is 11.8 Å². The highest BCUT2D eigenvalue weighted by Gasteiger charge is 2.29. The third-order valence-corrected chi connectivity index (χ3v) is 9.77. The van der Waals surface area contributed by atoms with E-state index in [1.807, 2.05) is 0 Å². The topological polar surface area (TPSA) is 197 Å². The van der Waals surface area contributed by atoms with Gasteiger partial charge in [-0.15, -0.1) is 0 Å². The number of anilines is 3. The van der Waals surface area contributed by atoms with Gasteiger partial charge in [-0.25, -0.2) is 32.9 Å². The van der Waals surface area contributed by atoms with E-state index in [1.165, 1.54) is 68.4 Å². The number of nitrogens with one attached hydrogen (secondary N) is 3. The fourth-order valence-electron chi connectivity index (χ4n) is 6.90. The standard InChI is InChI=1S/C44H36N6O9/c1-23-18-29(11-15-36(23)45-26(4)51)48-42(56)49(30-12-16-37(24(2)19-30)46-27(5)52)44(58)50(43(48)57)31-13-17-38(25(3)20-31)47-41(55)59-22-28-10-14-34-35(21-28)40(54)33-9-7-6-8-32(33)39(34)53/h6-21H,22H2,1-5H3,(H,45,51)(H,46,52)(H,47,55). The molecule has 1 heterocycles. The molecule has 0 radical (unpaired) electrons. The highest BCUT2D eigenvalue weighted by atomic mass is 16.5. The molecule has 0 spiro atoms. The maximum absolute atomic E-state index is 14.3. The number of fused-ring (bicyclic) bond motifs is 2. The number of hydrogen-bond acceptors (Lipinski definition) is 9. The molecular formula is C44H36N6O9. The molecule has 1 aliphatic carbocycles. The molecular weight excluding hydrogens is 757 g/mol. The molecule has 0 atom stereocenters. The van der Waals surface area contributed by atoms with Crippen molar-refractivity contribution in [3.63, 3.8) is 0 Å². The largest absolute Gasteiger partial charge is 0.444 e. The zero-order chi connectivity index (χ0) is 42.3. The van der Waals surface area contributed by atoms with Crippen molar-refractivity contribution in [1.29, 1.82) is 0 Å². The molecule has 6 aromatic rings. The van der Waals surface area contributed by atoms with Crippen LogP contribution in [-0.2, 0) is 20.9 Å². The maximum atomic E-state index is 14.3. The van der Waals surface area contributed by atoms with E-state index in [0.29, 0.717) is 44.8 Å². The number of aryl methyl sites for hydroxylation is 3. The van der Waals surface area contributed by atoms with Crippen molar-refractivity contribution in [2.24, 2.45) is 0 Å². The first-order valence-corrected chi connectivity index (χ1v) is 18.3. The number of carbonyl (C=O) groups excluding carboxylic acids is 5. The molecule has 0 unspecified atom stereocenters. The van der Waals surface area contributed by atoms with Crippen molar-refractivity contribution in [3.8, 4) is 17.1 Å². The van der Waals surface area contributed by atoms with Crippen LogP contribution < -0.4 is 33.0 Å². The Labute approximate surface area is 335 Å². The van der Waals surface area contributed by atoms with Gasteiger partial charge in [0.15, 0.2) is 11.6 Å². The molecule has 1 aliphatic rings. The van der Waals surface area contributed by atoms with Crippen molar-refractivity contribution in [3.05, 3.63) is 173 Å². The van der Waals surface area contributed by atoms with Crippen LogP contribution in [0.25, 0.3) is 17.1 Å². The normalized spacial score (nSPS) is 11.7. The van der Waals surface area contributed by atoms with Crippen LogP contribution in [0, 0.1) is 20.8 Å². The lowest BCUT2D eigenvalue weighted by atomic mass is 9.83. The van der Waals surface area contributed by atoms with Crippen LogP contribution in [0.5, 0.6) is 0 Å². The minimum absolute atomic E-state index is 0.0759. The highest BCUT2D eigenvalue weighted by Crippen LogP contribution is 2.28. The summed E-state index contributed by atoms with van der Waals surface area (Å²) in [6.45, 7) is 7.49. The smallest absolute Gasteiger partial charge is 0.411 e. The maximum Gasteiger partial charge on any atom is 0.411 e. The molecule has 15 nitrogen and oxygen atoms in total. The van der Waals surface area contributed by atoms with Crippen LogP contribution in [0.3, 0.4) is 0 Å². The second-order valence-corrected chi connectivity index (χ2v) is 14.0. The van der Waals surface area contributed by atoms with Gasteiger partial charge in [-0.05, 0) is 110 Å². The van der Waals surface area contributed by atoms with E-state index in [4.69, 9.17) is 4.74 Å². The fraction of sp³-hybridized carbons (Fsp3) is 0.136. The summed E-state index contributed by atoms with van der Waals surface area (Å²) in [5.74, 6) is -1.19. The quantitative estimate of drug-likeness (QED) is 0.178. The number of hydrogen-bond donors (Lipinski definition) is 3. The molecule has 1 aromatic heterocycles. The molecule has 7 rings (SSSR count). The van der Waals surface area contributed by atoms with Gasteiger partial charge in [0.1, 0.15) is 6.61 Å². The Morgan fingerprint density at radius 1 is 0.492 bits per heavy atom. The van der Waals surface area contributed by atoms with Gasteiger partial charge in [0, 0.05) is 53.2 Å². The third-order valence-electron chi connectivity index (χ3n) is 9.77. The summed E-state index contributed by atoms with van der Waals surface area (Å²) in [7, 11) is 0. The lowest BCUT2D eigenvalue weighted by Crippen LogP contribution is -2.52. The van der Waals surface area contributed by atoms with Crippen LogP contribution in [0.2, 0.25) is 0 Å². The van der Waals surface area contributed by atoms with Crippen molar-refractivity contribution >= 4 is 46.5 Å². The van der Waals surface area contributed by atoms with E-state index >= 15 is 0 Å². The van der Waals surface area contributed by atoms with Crippen molar-refractivity contribution in [2.75, 3.05) is 16.0 Å². The molecule has 59 heavy (non-hydrogen) atoms. The molecule has 3 amide bonds. The minimum atomic E-state index is -0.984. The van der Waals surface area contributed by atoms with E-state index in [1.54, 1.807) is 63.2 Å². The number of nitrogens with zero attached hydrogens (tertiary/aromatic N) is 3. The van der Waals surface area contributed by atoms with Gasteiger partial charge in [-0.3, -0.25) is 24.5 Å². The average Bonchev–Trinajstić information content (AvgIpc) is 3.19. The fourth-order valence-corrected chi connectivity index (χ4v) is 6.90. The van der Waals surface area contributed by atoms with E-state index in [2.05, 4.69) is 16.0 Å².